The topological polar surface area (TPSA) is 52.4 Å². The van der Waals surface area contributed by atoms with E-state index < -0.39 is 10.7 Å². The summed E-state index contributed by atoms with van der Waals surface area (Å²) in [5, 5.41) is 11.1. The molecule has 1 aromatic rings. The van der Waals surface area contributed by atoms with Gasteiger partial charge in [-0.3, -0.25) is 10.1 Å². The molecule has 0 unspecified atom stereocenters. The number of hydrogen-bond donors (Lipinski definition) is 0. The molecular weight excluding hydrogens is 269 g/mol. The van der Waals surface area contributed by atoms with Gasteiger partial charge in [-0.1, -0.05) is 15.9 Å². The summed E-state index contributed by atoms with van der Waals surface area (Å²) in [6.45, 7) is 0.375. The van der Waals surface area contributed by atoms with Crippen LogP contribution in [0.1, 0.15) is 6.42 Å². The predicted molar refractivity (Wildman–Crippen MR) is 57.0 cm³/mol. The Kier molecular flexibility index (Phi) is 4.48. The minimum absolute atomic E-state index is 0.0431. The number of halogens is 2. The third-order valence-corrected chi connectivity index (χ3v) is 2.22. The lowest BCUT2D eigenvalue weighted by Gasteiger charge is -2.05. The van der Waals surface area contributed by atoms with Crippen LogP contribution in [0.25, 0.3) is 0 Å². The Morgan fingerprint density at radius 2 is 2.27 bits per heavy atom. The van der Waals surface area contributed by atoms with Crippen molar-refractivity contribution in [1.29, 1.82) is 0 Å². The molecule has 0 atom stereocenters. The number of alkyl halides is 1. The van der Waals surface area contributed by atoms with Crippen LogP contribution in [0.4, 0.5) is 10.1 Å². The van der Waals surface area contributed by atoms with Crippen LogP contribution in [0.5, 0.6) is 5.75 Å². The third kappa shape index (κ3) is 3.47. The van der Waals surface area contributed by atoms with Crippen molar-refractivity contribution in [2.24, 2.45) is 0 Å². The lowest BCUT2D eigenvalue weighted by Crippen LogP contribution is -2.00. The van der Waals surface area contributed by atoms with Crippen LogP contribution in [0.2, 0.25) is 0 Å². The van der Waals surface area contributed by atoms with Crippen LogP contribution in [-0.2, 0) is 0 Å². The molecule has 0 aliphatic heterocycles. The van der Waals surface area contributed by atoms with Crippen molar-refractivity contribution in [3.63, 3.8) is 0 Å². The molecule has 0 aliphatic rings. The highest BCUT2D eigenvalue weighted by Gasteiger charge is 2.10. The van der Waals surface area contributed by atoms with E-state index in [1.54, 1.807) is 0 Å². The highest BCUT2D eigenvalue weighted by Crippen LogP contribution is 2.22. The first-order chi connectivity index (χ1) is 7.15. The van der Waals surface area contributed by atoms with Gasteiger partial charge in [0.15, 0.2) is 11.6 Å². The monoisotopic (exact) mass is 277 g/mol. The summed E-state index contributed by atoms with van der Waals surface area (Å²) in [5.74, 6) is -0.666. The number of hydrogen-bond acceptors (Lipinski definition) is 3. The molecule has 6 heteroatoms. The van der Waals surface area contributed by atoms with Crippen LogP contribution < -0.4 is 4.74 Å². The third-order valence-electron chi connectivity index (χ3n) is 1.66. The van der Waals surface area contributed by atoms with Gasteiger partial charge in [-0.15, -0.1) is 0 Å². The normalized spacial score (nSPS) is 10.0. The van der Waals surface area contributed by atoms with Crippen molar-refractivity contribution < 1.29 is 14.1 Å². The van der Waals surface area contributed by atoms with Gasteiger partial charge >= 0.3 is 0 Å². The number of nitrogens with zero attached hydrogens (tertiary/aromatic N) is 1. The second-order valence-corrected chi connectivity index (χ2v) is 3.56. The summed E-state index contributed by atoms with van der Waals surface area (Å²) in [7, 11) is 0. The van der Waals surface area contributed by atoms with Crippen molar-refractivity contribution in [3.8, 4) is 5.75 Å². The van der Waals surface area contributed by atoms with Gasteiger partial charge in [0.1, 0.15) is 0 Å². The van der Waals surface area contributed by atoms with Gasteiger partial charge < -0.3 is 4.74 Å². The van der Waals surface area contributed by atoms with Crippen molar-refractivity contribution >= 4 is 21.6 Å². The quantitative estimate of drug-likeness (QED) is 0.360. The average molecular weight is 278 g/mol. The summed E-state index contributed by atoms with van der Waals surface area (Å²) >= 11 is 3.21. The Morgan fingerprint density at radius 3 is 2.80 bits per heavy atom. The molecule has 0 amide bonds. The minimum atomic E-state index is -0.709. The van der Waals surface area contributed by atoms with Crippen molar-refractivity contribution in [2.45, 2.75) is 6.42 Å². The van der Waals surface area contributed by atoms with Crippen molar-refractivity contribution in [2.75, 3.05) is 11.9 Å². The van der Waals surface area contributed by atoms with E-state index in [0.717, 1.165) is 17.8 Å². The van der Waals surface area contributed by atoms with Crippen LogP contribution in [0.3, 0.4) is 0 Å². The first-order valence-corrected chi connectivity index (χ1v) is 5.40. The SMILES string of the molecule is O=[N+]([O-])c1ccc(OCCCBr)c(F)c1. The largest absolute Gasteiger partial charge is 0.490 e. The predicted octanol–water partition coefficient (Wildman–Crippen LogP) is 2.90. The average Bonchev–Trinajstić information content (AvgIpc) is 2.20. The molecule has 0 aromatic heterocycles. The van der Waals surface area contributed by atoms with Gasteiger partial charge in [0.05, 0.1) is 17.6 Å². The standard InChI is InChI=1S/C9H9BrFNO3/c10-4-1-5-15-9-3-2-7(12(13)14)6-8(9)11/h2-3,6H,1,4-5H2. The van der Waals surface area contributed by atoms with Gasteiger partial charge in [0.25, 0.3) is 5.69 Å². The fraction of sp³-hybridized carbons (Fsp3) is 0.333. The zero-order valence-corrected chi connectivity index (χ0v) is 9.37. The minimum Gasteiger partial charge on any atom is -0.490 e. The Labute approximate surface area is 94.3 Å². The second-order valence-electron chi connectivity index (χ2n) is 2.76. The van der Waals surface area contributed by atoms with E-state index in [1.165, 1.54) is 12.1 Å². The molecule has 82 valence electrons. The molecule has 15 heavy (non-hydrogen) atoms. The molecule has 1 rings (SSSR count). The van der Waals surface area contributed by atoms with Crippen LogP contribution in [0.15, 0.2) is 18.2 Å². The smallest absolute Gasteiger partial charge is 0.272 e. The van der Waals surface area contributed by atoms with E-state index in [0.29, 0.717) is 6.61 Å². The van der Waals surface area contributed by atoms with E-state index in [1.807, 2.05) is 0 Å². The van der Waals surface area contributed by atoms with E-state index in [9.17, 15) is 14.5 Å². The lowest BCUT2D eigenvalue weighted by molar-refractivity contribution is -0.385. The summed E-state index contributed by atoms with van der Waals surface area (Å²) in [6.07, 6.45) is 0.746. The van der Waals surface area contributed by atoms with Crippen molar-refractivity contribution in [3.05, 3.63) is 34.1 Å². The van der Waals surface area contributed by atoms with E-state index in [4.69, 9.17) is 4.74 Å². The number of nitro groups is 1. The molecule has 0 fully saturated rings. The number of ether oxygens (including phenoxy) is 1. The molecule has 4 nitrogen and oxygen atoms in total. The Morgan fingerprint density at radius 1 is 1.53 bits per heavy atom. The first kappa shape index (κ1) is 11.9. The molecule has 0 aliphatic carbocycles. The zero-order chi connectivity index (χ0) is 11.3. The number of non-ortho nitro benzene ring substituents is 1. The molecule has 0 spiro atoms. The fourth-order valence-electron chi connectivity index (χ4n) is 0.957. The molecule has 1 aromatic carbocycles. The molecule has 0 N–H and O–H groups in total. The van der Waals surface area contributed by atoms with Crippen molar-refractivity contribution in [1.82, 2.24) is 0 Å². The zero-order valence-electron chi connectivity index (χ0n) is 7.78. The summed E-state index contributed by atoms with van der Waals surface area (Å²) in [4.78, 5) is 9.67. The molecule has 0 radical (unpaired) electrons. The Hall–Kier alpha value is -1.17. The highest BCUT2D eigenvalue weighted by molar-refractivity contribution is 9.09. The van der Waals surface area contributed by atoms with Crippen LogP contribution in [0, 0.1) is 15.9 Å². The molecule has 0 saturated heterocycles. The van der Waals surface area contributed by atoms with Gasteiger partial charge in [0.2, 0.25) is 0 Å². The van der Waals surface area contributed by atoms with Gasteiger partial charge in [-0.2, -0.15) is 0 Å². The number of rotatable bonds is 5. The number of benzene rings is 1. The molecule has 0 saturated carbocycles. The van der Waals surface area contributed by atoms with Crippen LogP contribution in [-0.4, -0.2) is 16.9 Å². The molecular formula is C9H9BrFNO3. The summed E-state index contributed by atoms with van der Waals surface area (Å²) in [5.41, 5.74) is -0.277. The first-order valence-electron chi connectivity index (χ1n) is 4.28. The summed E-state index contributed by atoms with van der Waals surface area (Å²) < 4.78 is 18.3. The van der Waals surface area contributed by atoms with E-state index in [2.05, 4.69) is 15.9 Å². The maximum absolute atomic E-state index is 13.2. The second kappa shape index (κ2) is 5.65. The van der Waals surface area contributed by atoms with Crippen LogP contribution >= 0.6 is 15.9 Å². The summed E-state index contributed by atoms with van der Waals surface area (Å²) in [6, 6.07) is 3.33. The Bertz CT molecular complexity index is 359. The molecule has 0 bridgehead atoms. The maximum Gasteiger partial charge on any atom is 0.272 e. The Balaban J connectivity index is 2.70. The van der Waals surface area contributed by atoms with Gasteiger partial charge in [-0.25, -0.2) is 4.39 Å². The lowest BCUT2D eigenvalue weighted by atomic mass is 10.3. The van der Waals surface area contributed by atoms with E-state index >= 15 is 0 Å². The highest BCUT2D eigenvalue weighted by atomic mass is 79.9. The van der Waals surface area contributed by atoms with Gasteiger partial charge in [-0.05, 0) is 12.5 Å². The molecule has 0 heterocycles. The van der Waals surface area contributed by atoms with Gasteiger partial charge in [0, 0.05) is 11.4 Å². The fourth-order valence-corrected chi connectivity index (χ4v) is 1.19. The maximum atomic E-state index is 13.2. The number of nitro benzene ring substituents is 1. The van der Waals surface area contributed by atoms with E-state index in [-0.39, 0.29) is 11.4 Å².